The van der Waals surface area contributed by atoms with Crippen molar-refractivity contribution in [3.8, 4) is 6.01 Å². The molecule has 0 radical (unpaired) electrons. The number of alkyl halides is 3. The zero-order valence-corrected chi connectivity index (χ0v) is 17.2. The van der Waals surface area contributed by atoms with Gasteiger partial charge in [-0.15, -0.1) is 0 Å². The van der Waals surface area contributed by atoms with E-state index in [1.54, 1.807) is 4.90 Å². The highest BCUT2D eigenvalue weighted by Gasteiger charge is 2.46. The molecule has 3 rings (SSSR count). The largest absolute Gasteiger partial charge is 0.454 e. The molecule has 0 aromatic carbocycles. The number of likely N-dealkylation sites (tertiary alicyclic amines) is 1. The molecule has 11 heteroatoms. The van der Waals surface area contributed by atoms with Crippen LogP contribution < -0.4 is 9.64 Å². The number of aromatic nitrogens is 2. The maximum Gasteiger partial charge on any atom is 0.422 e. The van der Waals surface area contributed by atoms with Crippen molar-refractivity contribution in [1.82, 2.24) is 14.9 Å². The van der Waals surface area contributed by atoms with Gasteiger partial charge in [0.2, 0.25) is 5.91 Å². The fourth-order valence-corrected chi connectivity index (χ4v) is 3.63. The Bertz CT molecular complexity index is 784. The van der Waals surface area contributed by atoms with E-state index in [4.69, 9.17) is 4.74 Å². The van der Waals surface area contributed by atoms with Crippen LogP contribution in [-0.2, 0) is 9.53 Å². The van der Waals surface area contributed by atoms with Gasteiger partial charge in [-0.1, -0.05) is 0 Å². The van der Waals surface area contributed by atoms with Crippen molar-refractivity contribution in [3.63, 3.8) is 0 Å². The summed E-state index contributed by atoms with van der Waals surface area (Å²) in [5.41, 5.74) is -0.422. The van der Waals surface area contributed by atoms with Gasteiger partial charge in [0.25, 0.3) is 0 Å². The Morgan fingerprint density at radius 2 is 1.77 bits per heavy atom. The van der Waals surface area contributed by atoms with Crippen LogP contribution in [0.15, 0.2) is 12.4 Å². The van der Waals surface area contributed by atoms with Gasteiger partial charge < -0.3 is 19.3 Å². The maximum absolute atomic E-state index is 12.6. The predicted molar refractivity (Wildman–Crippen MR) is 100 cm³/mol. The molecule has 0 unspecified atom stereocenters. The van der Waals surface area contributed by atoms with Crippen molar-refractivity contribution in [1.29, 1.82) is 0 Å². The molecular weight excluding hydrogens is 405 g/mol. The van der Waals surface area contributed by atoms with Gasteiger partial charge in [0.1, 0.15) is 5.60 Å². The third kappa shape index (κ3) is 5.51. The fraction of sp³-hybridized carbons (Fsp3) is 0.684. The van der Waals surface area contributed by atoms with Crippen LogP contribution in [0.4, 0.5) is 23.7 Å². The summed E-state index contributed by atoms with van der Waals surface area (Å²) in [4.78, 5) is 35.5. The highest BCUT2D eigenvalue weighted by molar-refractivity contribution is 5.96. The summed E-state index contributed by atoms with van der Waals surface area (Å²) in [6.45, 7) is 5.39. The first-order valence-corrected chi connectivity index (χ1v) is 9.66. The number of carbonyl (C=O) groups excluding carboxylic acids is 2. The topological polar surface area (TPSA) is 84.9 Å². The Labute approximate surface area is 172 Å². The smallest absolute Gasteiger partial charge is 0.422 e. The van der Waals surface area contributed by atoms with E-state index in [0.717, 1.165) is 0 Å². The summed E-state index contributed by atoms with van der Waals surface area (Å²) in [6, 6.07) is -0.400. The molecule has 0 saturated carbocycles. The number of rotatable bonds is 3. The van der Waals surface area contributed by atoms with E-state index in [0.29, 0.717) is 44.6 Å². The number of amides is 2. The minimum atomic E-state index is -4.48. The van der Waals surface area contributed by atoms with Gasteiger partial charge in [-0.05, 0) is 33.6 Å². The molecule has 2 aliphatic heterocycles. The van der Waals surface area contributed by atoms with Gasteiger partial charge >= 0.3 is 18.3 Å². The van der Waals surface area contributed by atoms with E-state index in [9.17, 15) is 22.8 Å². The van der Waals surface area contributed by atoms with Gasteiger partial charge in [0.05, 0.1) is 18.1 Å². The summed E-state index contributed by atoms with van der Waals surface area (Å²) in [5, 5.41) is 0. The van der Waals surface area contributed by atoms with Gasteiger partial charge in [0, 0.05) is 31.5 Å². The van der Waals surface area contributed by atoms with E-state index in [2.05, 4.69) is 14.7 Å². The SMILES string of the molecule is CC(C)(C)OC(=O)N1CCC2(CC1)CC(=O)N(c1cnc(OCC(F)(F)F)nc1)C2. The molecule has 0 bridgehead atoms. The Morgan fingerprint density at radius 3 is 2.30 bits per heavy atom. The molecule has 1 spiro atoms. The summed E-state index contributed by atoms with van der Waals surface area (Å²) in [5.74, 6) is -0.103. The molecule has 0 aliphatic carbocycles. The summed E-state index contributed by atoms with van der Waals surface area (Å²) >= 11 is 0. The van der Waals surface area contributed by atoms with E-state index in [1.807, 2.05) is 20.8 Å². The number of hydrogen-bond donors (Lipinski definition) is 0. The van der Waals surface area contributed by atoms with Gasteiger partial charge in [0.15, 0.2) is 6.61 Å². The lowest BCUT2D eigenvalue weighted by atomic mass is 9.78. The van der Waals surface area contributed by atoms with Gasteiger partial charge in [-0.3, -0.25) is 4.79 Å². The first kappa shape index (κ1) is 22.1. The summed E-state index contributed by atoms with van der Waals surface area (Å²) in [6.07, 6.45) is -0.628. The standard InChI is InChI=1S/C19H25F3N4O4/c1-17(2,3)30-16(28)25-6-4-18(5-7-25)8-14(27)26(11-18)13-9-23-15(24-10-13)29-12-19(20,21)22/h9-10H,4-8,11-12H2,1-3H3. The van der Waals surface area contributed by atoms with Crippen LogP contribution in [0.3, 0.4) is 0 Å². The second kappa shape index (κ2) is 7.92. The summed E-state index contributed by atoms with van der Waals surface area (Å²) in [7, 11) is 0. The van der Waals surface area contributed by atoms with Crippen LogP contribution in [0, 0.1) is 5.41 Å². The molecule has 1 aromatic heterocycles. The monoisotopic (exact) mass is 430 g/mol. The quantitative estimate of drug-likeness (QED) is 0.732. The van der Waals surface area contributed by atoms with Gasteiger partial charge in [-0.2, -0.15) is 13.2 Å². The number of hydrogen-bond acceptors (Lipinski definition) is 6. The minimum Gasteiger partial charge on any atom is -0.454 e. The molecule has 3 heterocycles. The van der Waals surface area contributed by atoms with Crippen molar-refractivity contribution in [2.75, 3.05) is 31.1 Å². The number of anilines is 1. The van der Waals surface area contributed by atoms with E-state index in [1.165, 1.54) is 17.3 Å². The molecule has 0 N–H and O–H groups in total. The van der Waals surface area contributed by atoms with Crippen LogP contribution in [0.25, 0.3) is 0 Å². The molecule has 2 aliphatic rings. The minimum absolute atomic E-state index is 0.103. The molecule has 0 atom stereocenters. The third-order valence-electron chi connectivity index (χ3n) is 5.09. The average Bonchev–Trinajstić information content (AvgIpc) is 2.95. The number of piperidine rings is 1. The average molecular weight is 430 g/mol. The number of ether oxygens (including phenoxy) is 2. The zero-order chi connectivity index (χ0) is 22.2. The second-order valence-electron chi connectivity index (χ2n) is 8.75. The van der Waals surface area contributed by atoms with Gasteiger partial charge in [-0.25, -0.2) is 14.8 Å². The normalized spacial score (nSPS) is 19.3. The Hall–Kier alpha value is -2.59. The molecule has 2 amide bonds. The lowest BCUT2D eigenvalue weighted by Crippen LogP contribution is -2.46. The lowest BCUT2D eigenvalue weighted by Gasteiger charge is -2.39. The van der Waals surface area contributed by atoms with Crippen LogP contribution >= 0.6 is 0 Å². The lowest BCUT2D eigenvalue weighted by molar-refractivity contribution is -0.154. The summed E-state index contributed by atoms with van der Waals surface area (Å²) < 4.78 is 46.5. The Balaban J connectivity index is 1.58. The molecule has 8 nitrogen and oxygen atoms in total. The van der Waals surface area contributed by atoms with Crippen LogP contribution in [0.1, 0.15) is 40.0 Å². The molecule has 166 valence electrons. The maximum atomic E-state index is 12.6. The first-order valence-electron chi connectivity index (χ1n) is 9.66. The van der Waals surface area contributed by atoms with Crippen LogP contribution in [-0.4, -0.2) is 64.9 Å². The van der Waals surface area contributed by atoms with Crippen LogP contribution in [0.5, 0.6) is 6.01 Å². The Kier molecular flexibility index (Phi) is 5.83. The van der Waals surface area contributed by atoms with Crippen molar-refractivity contribution in [3.05, 3.63) is 12.4 Å². The molecule has 2 fully saturated rings. The van der Waals surface area contributed by atoms with Crippen LogP contribution in [0.2, 0.25) is 0 Å². The molecular formula is C19H25F3N4O4. The van der Waals surface area contributed by atoms with Crippen molar-refractivity contribution < 1.29 is 32.2 Å². The number of carbonyl (C=O) groups is 2. The Morgan fingerprint density at radius 1 is 1.17 bits per heavy atom. The highest BCUT2D eigenvalue weighted by atomic mass is 19.4. The molecule has 30 heavy (non-hydrogen) atoms. The highest BCUT2D eigenvalue weighted by Crippen LogP contribution is 2.42. The molecule has 2 saturated heterocycles. The second-order valence-corrected chi connectivity index (χ2v) is 8.75. The first-order chi connectivity index (χ1) is 13.9. The van der Waals surface area contributed by atoms with Crippen molar-refractivity contribution >= 4 is 17.7 Å². The van der Waals surface area contributed by atoms with E-state index >= 15 is 0 Å². The molecule has 1 aromatic rings. The van der Waals surface area contributed by atoms with E-state index < -0.39 is 24.4 Å². The zero-order valence-electron chi connectivity index (χ0n) is 17.2. The predicted octanol–water partition coefficient (Wildman–Crippen LogP) is 3.17. The third-order valence-corrected chi connectivity index (χ3v) is 5.09. The number of nitrogens with zero attached hydrogens (tertiary/aromatic N) is 4. The fourth-order valence-electron chi connectivity index (χ4n) is 3.63. The van der Waals surface area contributed by atoms with Crippen molar-refractivity contribution in [2.24, 2.45) is 5.41 Å². The van der Waals surface area contributed by atoms with E-state index in [-0.39, 0.29) is 17.4 Å². The van der Waals surface area contributed by atoms with Crippen molar-refractivity contribution in [2.45, 2.75) is 51.8 Å². The number of halogens is 3.